The lowest BCUT2D eigenvalue weighted by Gasteiger charge is -2.31. The molecule has 7 heteroatoms. The van der Waals surface area contributed by atoms with Crippen LogP contribution < -0.4 is 10.6 Å². The third-order valence-corrected chi connectivity index (χ3v) is 5.01. The Morgan fingerprint density at radius 1 is 1.28 bits per heavy atom. The van der Waals surface area contributed by atoms with E-state index in [0.717, 1.165) is 32.4 Å². The van der Waals surface area contributed by atoms with Crippen LogP contribution in [0.4, 0.5) is 5.69 Å². The summed E-state index contributed by atoms with van der Waals surface area (Å²) in [4.78, 5) is 26.7. The van der Waals surface area contributed by atoms with Gasteiger partial charge in [0.05, 0.1) is 17.4 Å². The molecule has 7 nitrogen and oxygen atoms in total. The first-order chi connectivity index (χ1) is 14.0. The van der Waals surface area contributed by atoms with Gasteiger partial charge in [-0.3, -0.25) is 9.59 Å². The molecule has 2 N–H and O–H groups in total. The van der Waals surface area contributed by atoms with Crippen LogP contribution in [-0.4, -0.2) is 55.6 Å². The lowest BCUT2D eigenvalue weighted by Crippen LogP contribution is -2.41. The maximum absolute atomic E-state index is 12.3. The second-order valence-electron chi connectivity index (χ2n) is 7.64. The molecule has 1 heterocycles. The van der Waals surface area contributed by atoms with E-state index in [-0.39, 0.29) is 23.8 Å². The van der Waals surface area contributed by atoms with E-state index in [0.29, 0.717) is 37.4 Å². The van der Waals surface area contributed by atoms with Crippen LogP contribution in [0.15, 0.2) is 24.3 Å². The van der Waals surface area contributed by atoms with Crippen molar-refractivity contribution >= 4 is 17.5 Å². The molecule has 0 aromatic heterocycles. The summed E-state index contributed by atoms with van der Waals surface area (Å²) in [5.74, 6) is 0.0739. The van der Waals surface area contributed by atoms with Crippen LogP contribution in [0.25, 0.3) is 0 Å². The number of ether oxygens (including phenoxy) is 1. The summed E-state index contributed by atoms with van der Waals surface area (Å²) in [5.41, 5.74) is 1.01. The lowest BCUT2D eigenvalue weighted by molar-refractivity contribution is -0.126. The van der Waals surface area contributed by atoms with Crippen molar-refractivity contribution in [2.75, 3.05) is 38.1 Å². The first-order valence-corrected chi connectivity index (χ1v) is 10.4. The molecule has 0 saturated carbocycles. The van der Waals surface area contributed by atoms with E-state index in [1.165, 1.54) is 0 Å². The lowest BCUT2D eigenvalue weighted by atomic mass is 9.96. The smallest absolute Gasteiger partial charge is 0.225 e. The number of para-hydroxylation sites is 1. The molecule has 1 aliphatic heterocycles. The highest BCUT2D eigenvalue weighted by atomic mass is 16.5. The minimum atomic E-state index is -0.101. The Hall–Kier alpha value is -2.43. The SMILES string of the molecule is CC(C)OCCCNC(=O)C1CCN(CCC(=O)Nc2ccccc2C#N)CC1. The van der Waals surface area contributed by atoms with E-state index in [2.05, 4.69) is 21.6 Å². The normalized spacial score (nSPS) is 15.1. The van der Waals surface area contributed by atoms with Gasteiger partial charge in [-0.1, -0.05) is 12.1 Å². The summed E-state index contributed by atoms with van der Waals surface area (Å²) < 4.78 is 5.47. The monoisotopic (exact) mass is 400 g/mol. The van der Waals surface area contributed by atoms with Gasteiger partial charge in [0.1, 0.15) is 6.07 Å². The van der Waals surface area contributed by atoms with Gasteiger partial charge >= 0.3 is 0 Å². The Balaban J connectivity index is 1.62. The van der Waals surface area contributed by atoms with Crippen LogP contribution in [0.3, 0.4) is 0 Å². The molecular weight excluding hydrogens is 368 g/mol. The van der Waals surface area contributed by atoms with Crippen molar-refractivity contribution in [1.82, 2.24) is 10.2 Å². The van der Waals surface area contributed by atoms with E-state index >= 15 is 0 Å². The largest absolute Gasteiger partial charge is 0.379 e. The molecule has 0 bridgehead atoms. The highest BCUT2D eigenvalue weighted by Crippen LogP contribution is 2.18. The number of carbonyl (C=O) groups excluding carboxylic acids is 2. The predicted octanol–water partition coefficient (Wildman–Crippen LogP) is 2.53. The van der Waals surface area contributed by atoms with Crippen molar-refractivity contribution in [2.24, 2.45) is 5.92 Å². The van der Waals surface area contributed by atoms with E-state index in [1.54, 1.807) is 24.3 Å². The van der Waals surface area contributed by atoms with Crippen LogP contribution >= 0.6 is 0 Å². The van der Waals surface area contributed by atoms with E-state index in [1.807, 2.05) is 13.8 Å². The van der Waals surface area contributed by atoms with Crippen molar-refractivity contribution in [2.45, 2.75) is 45.6 Å². The number of likely N-dealkylation sites (tertiary alicyclic amines) is 1. The Kier molecular flexibility index (Phi) is 9.62. The van der Waals surface area contributed by atoms with Gasteiger partial charge in [0.25, 0.3) is 0 Å². The Morgan fingerprint density at radius 3 is 2.69 bits per heavy atom. The molecule has 0 unspecified atom stereocenters. The highest BCUT2D eigenvalue weighted by molar-refractivity contribution is 5.92. The quantitative estimate of drug-likeness (QED) is 0.589. The molecule has 1 fully saturated rings. The molecule has 2 amide bonds. The minimum Gasteiger partial charge on any atom is -0.379 e. The van der Waals surface area contributed by atoms with Gasteiger partial charge in [-0.2, -0.15) is 5.26 Å². The standard InChI is InChI=1S/C22H32N4O3/c1-17(2)29-15-5-11-24-22(28)18-8-12-26(13-9-18)14-10-21(27)25-20-7-4-3-6-19(20)16-23/h3-4,6-7,17-18H,5,8-15H2,1-2H3,(H,24,28)(H,25,27). The average Bonchev–Trinajstić information content (AvgIpc) is 2.72. The number of nitriles is 1. The second kappa shape index (κ2) is 12.2. The van der Waals surface area contributed by atoms with E-state index in [4.69, 9.17) is 10.00 Å². The molecule has 0 spiro atoms. The summed E-state index contributed by atoms with van der Waals surface area (Å²) in [5, 5.41) is 14.9. The van der Waals surface area contributed by atoms with Crippen LogP contribution in [0.1, 0.15) is 45.1 Å². The van der Waals surface area contributed by atoms with Gasteiger partial charge in [-0.25, -0.2) is 0 Å². The highest BCUT2D eigenvalue weighted by Gasteiger charge is 2.24. The number of piperidine rings is 1. The van der Waals surface area contributed by atoms with Crippen LogP contribution in [-0.2, 0) is 14.3 Å². The van der Waals surface area contributed by atoms with E-state index in [9.17, 15) is 9.59 Å². The molecule has 1 saturated heterocycles. The number of hydrogen-bond donors (Lipinski definition) is 2. The molecule has 1 aromatic rings. The van der Waals surface area contributed by atoms with Gasteiger partial charge in [0.2, 0.25) is 11.8 Å². The minimum absolute atomic E-state index is 0.0496. The molecule has 0 aliphatic carbocycles. The van der Waals surface area contributed by atoms with E-state index < -0.39 is 0 Å². The average molecular weight is 401 g/mol. The molecule has 0 radical (unpaired) electrons. The maximum Gasteiger partial charge on any atom is 0.225 e. The third-order valence-electron chi connectivity index (χ3n) is 5.01. The molecular formula is C22H32N4O3. The summed E-state index contributed by atoms with van der Waals surface area (Å²) in [7, 11) is 0. The Labute approximate surface area is 173 Å². The summed E-state index contributed by atoms with van der Waals surface area (Å²) >= 11 is 0. The number of amides is 2. The topological polar surface area (TPSA) is 94.5 Å². The number of benzene rings is 1. The number of carbonyl (C=O) groups is 2. The first kappa shape index (κ1) is 22.9. The maximum atomic E-state index is 12.3. The number of rotatable bonds is 10. The zero-order valence-corrected chi connectivity index (χ0v) is 17.4. The fourth-order valence-corrected chi connectivity index (χ4v) is 3.33. The van der Waals surface area contributed by atoms with Crippen LogP contribution in [0, 0.1) is 17.2 Å². The van der Waals surface area contributed by atoms with Crippen molar-refractivity contribution in [3.05, 3.63) is 29.8 Å². The molecule has 158 valence electrons. The Morgan fingerprint density at radius 2 is 2.00 bits per heavy atom. The van der Waals surface area contributed by atoms with Crippen molar-refractivity contribution < 1.29 is 14.3 Å². The number of nitrogens with one attached hydrogen (secondary N) is 2. The van der Waals surface area contributed by atoms with Crippen molar-refractivity contribution in [3.8, 4) is 6.07 Å². The van der Waals surface area contributed by atoms with Gasteiger partial charge in [0, 0.05) is 32.0 Å². The second-order valence-corrected chi connectivity index (χ2v) is 7.64. The Bertz CT molecular complexity index is 706. The van der Waals surface area contributed by atoms with Gasteiger partial charge < -0.3 is 20.3 Å². The molecule has 2 rings (SSSR count). The van der Waals surface area contributed by atoms with Crippen molar-refractivity contribution in [1.29, 1.82) is 5.26 Å². The van der Waals surface area contributed by atoms with Gasteiger partial charge in [-0.05, 0) is 58.3 Å². The molecule has 1 aliphatic rings. The summed E-state index contributed by atoms with van der Waals surface area (Å²) in [6.45, 7) is 7.60. The first-order valence-electron chi connectivity index (χ1n) is 10.4. The predicted molar refractivity (Wildman–Crippen MR) is 112 cm³/mol. The number of hydrogen-bond acceptors (Lipinski definition) is 5. The summed E-state index contributed by atoms with van der Waals surface area (Å²) in [6, 6.07) is 9.06. The van der Waals surface area contributed by atoms with Crippen LogP contribution in [0.2, 0.25) is 0 Å². The van der Waals surface area contributed by atoms with Gasteiger partial charge in [-0.15, -0.1) is 0 Å². The van der Waals surface area contributed by atoms with Gasteiger partial charge in [0.15, 0.2) is 0 Å². The fraction of sp³-hybridized carbons (Fsp3) is 0.591. The number of anilines is 1. The molecule has 1 aromatic carbocycles. The zero-order valence-electron chi connectivity index (χ0n) is 17.4. The third kappa shape index (κ3) is 8.22. The van der Waals surface area contributed by atoms with Crippen LogP contribution in [0.5, 0.6) is 0 Å². The molecule has 0 atom stereocenters. The summed E-state index contributed by atoms with van der Waals surface area (Å²) in [6.07, 6.45) is 3.04. The zero-order chi connectivity index (χ0) is 21.1. The molecule has 29 heavy (non-hydrogen) atoms. The fourth-order valence-electron chi connectivity index (χ4n) is 3.33. The van der Waals surface area contributed by atoms with Crippen molar-refractivity contribution in [3.63, 3.8) is 0 Å². The number of nitrogens with zero attached hydrogens (tertiary/aromatic N) is 2.